The van der Waals surface area contributed by atoms with Crippen molar-refractivity contribution in [1.82, 2.24) is 10.2 Å². The smallest absolute Gasteiger partial charge is 0.0198 e. The molecule has 1 fully saturated rings. The Kier molecular flexibility index (Phi) is 6.37. The summed E-state index contributed by atoms with van der Waals surface area (Å²) in [5, 5.41) is 3.63. The summed E-state index contributed by atoms with van der Waals surface area (Å²) < 4.78 is 0. The van der Waals surface area contributed by atoms with Gasteiger partial charge in [0, 0.05) is 25.2 Å². The van der Waals surface area contributed by atoms with E-state index in [9.17, 15) is 0 Å². The zero-order valence-electron chi connectivity index (χ0n) is 11.6. The van der Waals surface area contributed by atoms with E-state index in [2.05, 4.69) is 37.9 Å². The standard InChI is InChI=1S/C14H30N2/c1-5-7-8-13-9-14(15-6-2)11-16(10-13)12(3)4/h12-15H,5-11H2,1-4H3. The Hall–Kier alpha value is -0.0800. The van der Waals surface area contributed by atoms with Gasteiger partial charge in [-0.15, -0.1) is 0 Å². The molecule has 1 aliphatic rings. The summed E-state index contributed by atoms with van der Waals surface area (Å²) in [5.41, 5.74) is 0. The van der Waals surface area contributed by atoms with E-state index in [-0.39, 0.29) is 0 Å². The highest BCUT2D eigenvalue weighted by molar-refractivity contribution is 4.84. The Balaban J connectivity index is 2.45. The average Bonchev–Trinajstić information content (AvgIpc) is 2.26. The number of piperidine rings is 1. The molecule has 0 bridgehead atoms. The molecule has 0 saturated carbocycles. The summed E-state index contributed by atoms with van der Waals surface area (Å²) in [6.07, 6.45) is 5.54. The molecule has 2 atom stereocenters. The minimum Gasteiger partial charge on any atom is -0.313 e. The van der Waals surface area contributed by atoms with Crippen molar-refractivity contribution < 1.29 is 0 Å². The maximum Gasteiger partial charge on any atom is 0.0198 e. The summed E-state index contributed by atoms with van der Waals surface area (Å²) in [5.74, 6) is 0.917. The summed E-state index contributed by atoms with van der Waals surface area (Å²) in [6.45, 7) is 12.8. The molecule has 0 aromatic carbocycles. The molecular formula is C14H30N2. The van der Waals surface area contributed by atoms with Crippen molar-refractivity contribution in [2.75, 3.05) is 19.6 Å². The van der Waals surface area contributed by atoms with Crippen LogP contribution in [0.2, 0.25) is 0 Å². The third-order valence-corrected chi connectivity index (χ3v) is 3.75. The molecule has 0 spiro atoms. The molecule has 2 nitrogen and oxygen atoms in total. The number of nitrogens with one attached hydrogen (secondary N) is 1. The quantitative estimate of drug-likeness (QED) is 0.749. The van der Waals surface area contributed by atoms with E-state index in [0.717, 1.165) is 18.5 Å². The highest BCUT2D eigenvalue weighted by Gasteiger charge is 2.27. The van der Waals surface area contributed by atoms with Crippen molar-refractivity contribution in [3.63, 3.8) is 0 Å². The van der Waals surface area contributed by atoms with Crippen LogP contribution in [-0.2, 0) is 0 Å². The zero-order valence-corrected chi connectivity index (χ0v) is 11.6. The van der Waals surface area contributed by atoms with Crippen LogP contribution in [0.15, 0.2) is 0 Å². The third-order valence-electron chi connectivity index (χ3n) is 3.75. The second kappa shape index (κ2) is 7.29. The van der Waals surface area contributed by atoms with Gasteiger partial charge in [-0.1, -0.05) is 26.7 Å². The van der Waals surface area contributed by atoms with Crippen LogP contribution in [0.25, 0.3) is 0 Å². The molecule has 96 valence electrons. The Morgan fingerprint density at radius 2 is 2.00 bits per heavy atom. The van der Waals surface area contributed by atoms with E-state index < -0.39 is 0 Å². The van der Waals surface area contributed by atoms with Crippen molar-refractivity contribution in [1.29, 1.82) is 0 Å². The summed E-state index contributed by atoms with van der Waals surface area (Å²) in [7, 11) is 0. The molecule has 2 unspecified atom stereocenters. The summed E-state index contributed by atoms with van der Waals surface area (Å²) in [6, 6.07) is 1.42. The van der Waals surface area contributed by atoms with Crippen LogP contribution in [0.3, 0.4) is 0 Å². The van der Waals surface area contributed by atoms with Crippen LogP contribution in [0, 0.1) is 5.92 Å². The number of hydrogen-bond acceptors (Lipinski definition) is 2. The van der Waals surface area contributed by atoms with Crippen LogP contribution in [0.4, 0.5) is 0 Å². The molecule has 0 aliphatic carbocycles. The predicted octanol–water partition coefficient (Wildman–Crippen LogP) is 2.89. The average molecular weight is 226 g/mol. The van der Waals surface area contributed by atoms with Gasteiger partial charge in [0.2, 0.25) is 0 Å². The molecule has 1 saturated heterocycles. The fourth-order valence-corrected chi connectivity index (χ4v) is 2.80. The van der Waals surface area contributed by atoms with Gasteiger partial charge in [0.05, 0.1) is 0 Å². The number of likely N-dealkylation sites (N-methyl/N-ethyl adjacent to an activating group) is 1. The Labute approximate surface area is 102 Å². The van der Waals surface area contributed by atoms with E-state index in [1.807, 2.05) is 0 Å². The highest BCUT2D eigenvalue weighted by Crippen LogP contribution is 2.23. The first kappa shape index (κ1) is 14.0. The lowest BCUT2D eigenvalue weighted by Crippen LogP contribution is -2.51. The summed E-state index contributed by atoms with van der Waals surface area (Å²) in [4.78, 5) is 2.65. The number of nitrogens with zero attached hydrogens (tertiary/aromatic N) is 1. The minimum atomic E-state index is 0.700. The van der Waals surface area contributed by atoms with Crippen molar-refractivity contribution in [2.45, 2.75) is 65.5 Å². The van der Waals surface area contributed by atoms with Gasteiger partial charge in [-0.05, 0) is 39.2 Å². The number of unbranched alkanes of at least 4 members (excludes halogenated alkanes) is 1. The van der Waals surface area contributed by atoms with E-state index in [0.29, 0.717) is 6.04 Å². The van der Waals surface area contributed by atoms with Gasteiger partial charge in [-0.25, -0.2) is 0 Å². The van der Waals surface area contributed by atoms with Crippen LogP contribution in [-0.4, -0.2) is 36.6 Å². The molecule has 16 heavy (non-hydrogen) atoms. The normalized spacial score (nSPS) is 27.6. The first-order valence-electron chi connectivity index (χ1n) is 7.14. The fourth-order valence-electron chi connectivity index (χ4n) is 2.80. The van der Waals surface area contributed by atoms with Crippen molar-refractivity contribution >= 4 is 0 Å². The molecule has 1 rings (SSSR count). The maximum absolute atomic E-state index is 3.63. The van der Waals surface area contributed by atoms with E-state index in [1.54, 1.807) is 0 Å². The molecule has 0 aromatic heterocycles. The van der Waals surface area contributed by atoms with Gasteiger partial charge in [-0.2, -0.15) is 0 Å². The SMILES string of the molecule is CCCCC1CC(NCC)CN(C(C)C)C1. The molecule has 0 aromatic rings. The molecule has 1 aliphatic heterocycles. The van der Waals surface area contributed by atoms with Crippen LogP contribution in [0.1, 0.15) is 53.4 Å². The number of hydrogen-bond donors (Lipinski definition) is 1. The predicted molar refractivity (Wildman–Crippen MR) is 71.8 cm³/mol. The molecule has 0 amide bonds. The van der Waals surface area contributed by atoms with Crippen LogP contribution < -0.4 is 5.32 Å². The molecule has 2 heteroatoms. The van der Waals surface area contributed by atoms with Crippen molar-refractivity contribution in [3.8, 4) is 0 Å². The summed E-state index contributed by atoms with van der Waals surface area (Å²) >= 11 is 0. The van der Waals surface area contributed by atoms with Crippen molar-refractivity contribution in [2.24, 2.45) is 5.92 Å². The minimum absolute atomic E-state index is 0.700. The van der Waals surface area contributed by atoms with Gasteiger partial charge < -0.3 is 5.32 Å². The third kappa shape index (κ3) is 4.42. The van der Waals surface area contributed by atoms with Crippen LogP contribution >= 0.6 is 0 Å². The first-order valence-corrected chi connectivity index (χ1v) is 7.14. The Bertz CT molecular complexity index is 180. The second-order valence-corrected chi connectivity index (χ2v) is 5.55. The lowest BCUT2D eigenvalue weighted by atomic mass is 9.89. The van der Waals surface area contributed by atoms with E-state index >= 15 is 0 Å². The number of likely N-dealkylation sites (tertiary alicyclic amines) is 1. The first-order chi connectivity index (χ1) is 7.67. The van der Waals surface area contributed by atoms with Crippen LogP contribution in [0.5, 0.6) is 0 Å². The monoisotopic (exact) mass is 226 g/mol. The van der Waals surface area contributed by atoms with Gasteiger partial charge in [0.25, 0.3) is 0 Å². The zero-order chi connectivity index (χ0) is 12.0. The Morgan fingerprint density at radius 3 is 2.56 bits per heavy atom. The Morgan fingerprint density at radius 1 is 1.25 bits per heavy atom. The second-order valence-electron chi connectivity index (χ2n) is 5.55. The van der Waals surface area contributed by atoms with E-state index in [1.165, 1.54) is 38.8 Å². The molecule has 1 N–H and O–H groups in total. The van der Waals surface area contributed by atoms with Gasteiger partial charge >= 0.3 is 0 Å². The lowest BCUT2D eigenvalue weighted by molar-refractivity contribution is 0.107. The van der Waals surface area contributed by atoms with E-state index in [4.69, 9.17) is 0 Å². The highest BCUT2D eigenvalue weighted by atomic mass is 15.2. The lowest BCUT2D eigenvalue weighted by Gasteiger charge is -2.40. The van der Waals surface area contributed by atoms with Gasteiger partial charge in [0.15, 0.2) is 0 Å². The molecular weight excluding hydrogens is 196 g/mol. The number of rotatable bonds is 6. The molecule has 0 radical (unpaired) electrons. The van der Waals surface area contributed by atoms with Gasteiger partial charge in [-0.3, -0.25) is 4.90 Å². The fraction of sp³-hybridized carbons (Fsp3) is 1.00. The topological polar surface area (TPSA) is 15.3 Å². The van der Waals surface area contributed by atoms with Gasteiger partial charge in [0.1, 0.15) is 0 Å². The van der Waals surface area contributed by atoms with Crippen molar-refractivity contribution in [3.05, 3.63) is 0 Å². The molecule has 1 heterocycles. The largest absolute Gasteiger partial charge is 0.313 e. The maximum atomic E-state index is 3.63.